The van der Waals surface area contributed by atoms with E-state index in [0.717, 1.165) is 17.0 Å². The molecule has 0 saturated carbocycles. The maximum Gasteiger partial charge on any atom is 0.331 e. The number of hydrogen-bond donors (Lipinski definition) is 1. The number of esters is 1. The van der Waals surface area contributed by atoms with Gasteiger partial charge in [-0.2, -0.15) is 5.10 Å². The third-order valence-corrected chi connectivity index (χ3v) is 4.17. The molecular formula is C20H23N3O4. The number of aryl methyl sites for hydroxylation is 2. The number of amides is 1. The third kappa shape index (κ3) is 5.13. The fourth-order valence-electron chi connectivity index (χ4n) is 2.48. The SMILES string of the molecule is CC(=O)c1ccc(NC(=O)[C@@H](C)OC(=O)/C=C/c2c(C)nn(C)c2C)cc1. The third-order valence-electron chi connectivity index (χ3n) is 4.17. The Balaban J connectivity index is 1.94. The summed E-state index contributed by atoms with van der Waals surface area (Å²) in [4.78, 5) is 35.4. The van der Waals surface area contributed by atoms with Crippen molar-refractivity contribution in [1.29, 1.82) is 0 Å². The van der Waals surface area contributed by atoms with E-state index >= 15 is 0 Å². The zero-order valence-corrected chi connectivity index (χ0v) is 16.1. The first-order valence-electron chi connectivity index (χ1n) is 8.49. The lowest BCUT2D eigenvalue weighted by atomic mass is 10.1. The van der Waals surface area contributed by atoms with Gasteiger partial charge in [0.15, 0.2) is 11.9 Å². The van der Waals surface area contributed by atoms with E-state index in [1.807, 2.05) is 20.9 Å². The summed E-state index contributed by atoms with van der Waals surface area (Å²) >= 11 is 0. The number of carbonyl (C=O) groups is 3. The van der Waals surface area contributed by atoms with Crippen LogP contribution < -0.4 is 5.32 Å². The Bertz CT molecular complexity index is 895. The van der Waals surface area contributed by atoms with Crippen LogP contribution in [-0.4, -0.2) is 33.5 Å². The molecule has 0 fully saturated rings. The minimum Gasteiger partial charge on any atom is -0.449 e. The monoisotopic (exact) mass is 369 g/mol. The summed E-state index contributed by atoms with van der Waals surface area (Å²) in [5.74, 6) is -1.13. The Labute approximate surface area is 158 Å². The zero-order valence-electron chi connectivity index (χ0n) is 16.1. The molecule has 0 aliphatic carbocycles. The maximum atomic E-state index is 12.2. The van der Waals surface area contributed by atoms with E-state index < -0.39 is 18.0 Å². The molecule has 2 aromatic rings. The van der Waals surface area contributed by atoms with Crippen LogP contribution in [0.4, 0.5) is 5.69 Å². The van der Waals surface area contributed by atoms with Gasteiger partial charge in [-0.3, -0.25) is 14.3 Å². The second kappa shape index (κ2) is 8.44. The first kappa shape index (κ1) is 20.1. The number of Topliss-reactive ketones (excluding diaryl/α,β-unsaturated/α-hetero) is 1. The van der Waals surface area contributed by atoms with Gasteiger partial charge < -0.3 is 10.1 Å². The molecule has 1 amide bonds. The predicted octanol–water partition coefficient (Wildman–Crippen LogP) is 2.82. The van der Waals surface area contributed by atoms with E-state index in [1.165, 1.54) is 19.9 Å². The summed E-state index contributed by atoms with van der Waals surface area (Å²) in [6.07, 6.45) is 1.94. The molecule has 142 valence electrons. The topological polar surface area (TPSA) is 90.3 Å². The van der Waals surface area contributed by atoms with Gasteiger partial charge in [-0.05, 0) is 58.0 Å². The maximum absolute atomic E-state index is 12.2. The summed E-state index contributed by atoms with van der Waals surface area (Å²) in [5, 5.41) is 6.91. The largest absolute Gasteiger partial charge is 0.449 e. The van der Waals surface area contributed by atoms with Crippen LogP contribution in [0.5, 0.6) is 0 Å². The Hall–Kier alpha value is -3.22. The van der Waals surface area contributed by atoms with Gasteiger partial charge in [-0.15, -0.1) is 0 Å². The second-order valence-electron chi connectivity index (χ2n) is 6.24. The number of carbonyl (C=O) groups excluding carboxylic acids is 3. The second-order valence-corrected chi connectivity index (χ2v) is 6.24. The number of hydrogen-bond acceptors (Lipinski definition) is 5. The average molecular weight is 369 g/mol. The molecule has 1 atom stereocenters. The normalized spacial score (nSPS) is 12.0. The van der Waals surface area contributed by atoms with E-state index in [0.29, 0.717) is 11.3 Å². The molecular weight excluding hydrogens is 346 g/mol. The van der Waals surface area contributed by atoms with Gasteiger partial charge in [0.05, 0.1) is 5.69 Å². The van der Waals surface area contributed by atoms with Gasteiger partial charge in [-0.1, -0.05) is 0 Å². The molecule has 0 radical (unpaired) electrons. The minimum atomic E-state index is -0.967. The number of ketones is 1. The molecule has 0 spiro atoms. The Morgan fingerprint density at radius 2 is 1.81 bits per heavy atom. The molecule has 0 unspecified atom stereocenters. The van der Waals surface area contributed by atoms with Crippen LogP contribution in [0.25, 0.3) is 6.08 Å². The van der Waals surface area contributed by atoms with Crippen molar-refractivity contribution in [2.24, 2.45) is 7.05 Å². The van der Waals surface area contributed by atoms with Gasteiger partial charge in [0.2, 0.25) is 0 Å². The molecule has 2 rings (SSSR count). The fraction of sp³-hybridized carbons (Fsp3) is 0.300. The van der Waals surface area contributed by atoms with Crippen molar-refractivity contribution in [3.63, 3.8) is 0 Å². The number of anilines is 1. The fourth-order valence-corrected chi connectivity index (χ4v) is 2.48. The molecule has 0 aliphatic heterocycles. The Kier molecular flexibility index (Phi) is 6.28. The van der Waals surface area contributed by atoms with Gasteiger partial charge in [-0.25, -0.2) is 4.79 Å². The van der Waals surface area contributed by atoms with E-state index in [9.17, 15) is 14.4 Å². The van der Waals surface area contributed by atoms with Crippen LogP contribution in [-0.2, 0) is 21.4 Å². The number of rotatable bonds is 6. The van der Waals surface area contributed by atoms with Crippen LogP contribution in [0.2, 0.25) is 0 Å². The number of nitrogens with zero attached hydrogens (tertiary/aromatic N) is 2. The van der Waals surface area contributed by atoms with Crippen LogP contribution in [0, 0.1) is 13.8 Å². The summed E-state index contributed by atoms with van der Waals surface area (Å²) in [6.45, 7) is 6.71. The molecule has 7 nitrogen and oxygen atoms in total. The van der Waals surface area contributed by atoms with Crippen LogP contribution >= 0.6 is 0 Å². The molecule has 0 saturated heterocycles. The summed E-state index contributed by atoms with van der Waals surface area (Å²) in [7, 11) is 1.83. The smallest absolute Gasteiger partial charge is 0.331 e. The first-order chi connectivity index (χ1) is 12.7. The number of benzene rings is 1. The van der Waals surface area contributed by atoms with Gasteiger partial charge in [0.25, 0.3) is 5.91 Å². The predicted molar refractivity (Wildman–Crippen MR) is 102 cm³/mol. The highest BCUT2D eigenvalue weighted by molar-refractivity contribution is 5.98. The van der Waals surface area contributed by atoms with Crippen molar-refractivity contribution in [3.8, 4) is 0 Å². The standard InChI is InChI=1S/C20H23N3O4/c1-12-18(13(2)23(5)22-12)10-11-19(25)27-15(4)20(26)21-17-8-6-16(7-9-17)14(3)24/h6-11,15H,1-5H3,(H,21,26)/b11-10+/t15-/m1/s1. The highest BCUT2D eigenvalue weighted by atomic mass is 16.5. The molecule has 0 aliphatic rings. The van der Waals surface area contributed by atoms with Gasteiger partial charge in [0, 0.05) is 35.6 Å². The van der Waals surface area contributed by atoms with Crippen LogP contribution in [0.1, 0.15) is 41.2 Å². The van der Waals surface area contributed by atoms with E-state index in [2.05, 4.69) is 10.4 Å². The number of nitrogens with one attached hydrogen (secondary N) is 1. The van der Waals surface area contributed by atoms with Crippen LogP contribution in [0.3, 0.4) is 0 Å². The molecule has 27 heavy (non-hydrogen) atoms. The highest BCUT2D eigenvalue weighted by Gasteiger charge is 2.17. The summed E-state index contributed by atoms with van der Waals surface area (Å²) in [5.41, 5.74) is 3.65. The highest BCUT2D eigenvalue weighted by Crippen LogP contribution is 2.14. The van der Waals surface area contributed by atoms with E-state index in [4.69, 9.17) is 4.74 Å². The first-order valence-corrected chi connectivity index (χ1v) is 8.49. The molecule has 0 bridgehead atoms. The Morgan fingerprint density at radius 3 is 2.33 bits per heavy atom. The van der Waals surface area contributed by atoms with Crippen molar-refractivity contribution in [1.82, 2.24) is 9.78 Å². The van der Waals surface area contributed by atoms with E-state index in [1.54, 1.807) is 35.0 Å². The number of ether oxygens (including phenoxy) is 1. The molecule has 1 aromatic heterocycles. The average Bonchev–Trinajstić information content (AvgIpc) is 2.85. The number of aromatic nitrogens is 2. The summed E-state index contributed by atoms with van der Waals surface area (Å²) < 4.78 is 6.87. The van der Waals surface area contributed by atoms with Crippen molar-refractivity contribution in [2.75, 3.05) is 5.32 Å². The van der Waals surface area contributed by atoms with Crippen LogP contribution in [0.15, 0.2) is 30.3 Å². The minimum absolute atomic E-state index is 0.0546. The van der Waals surface area contributed by atoms with Crippen molar-refractivity contribution < 1.29 is 19.1 Å². The van der Waals surface area contributed by atoms with Crippen molar-refractivity contribution in [3.05, 3.63) is 52.9 Å². The Morgan fingerprint density at radius 1 is 1.19 bits per heavy atom. The molecule has 7 heteroatoms. The lowest BCUT2D eigenvalue weighted by Crippen LogP contribution is -2.29. The van der Waals surface area contributed by atoms with Crippen molar-refractivity contribution >= 4 is 29.4 Å². The molecule has 1 N–H and O–H groups in total. The van der Waals surface area contributed by atoms with Gasteiger partial charge >= 0.3 is 5.97 Å². The lowest BCUT2D eigenvalue weighted by molar-refractivity contribution is -0.148. The molecule has 1 heterocycles. The summed E-state index contributed by atoms with van der Waals surface area (Å²) in [6, 6.07) is 6.49. The molecule has 1 aromatic carbocycles. The lowest BCUT2D eigenvalue weighted by Gasteiger charge is -2.12. The van der Waals surface area contributed by atoms with Crippen molar-refractivity contribution in [2.45, 2.75) is 33.8 Å². The van der Waals surface area contributed by atoms with E-state index in [-0.39, 0.29) is 5.78 Å². The van der Waals surface area contributed by atoms with Gasteiger partial charge in [0.1, 0.15) is 0 Å². The zero-order chi connectivity index (χ0) is 20.1. The quantitative estimate of drug-likeness (QED) is 0.480.